The second-order valence-corrected chi connectivity index (χ2v) is 11.1. The number of hydrogen-bond donors (Lipinski definition) is 2. The van der Waals surface area contributed by atoms with Crippen LogP contribution in [0.15, 0.2) is 42.5 Å². The van der Waals surface area contributed by atoms with E-state index in [0.29, 0.717) is 5.57 Å². The number of carbonyl (C=O) groups is 2. The molecule has 0 saturated carbocycles. The summed E-state index contributed by atoms with van der Waals surface area (Å²) in [4.78, 5) is 52.9. The maximum atomic E-state index is 10.6. The first kappa shape index (κ1) is 35.6. The summed E-state index contributed by atoms with van der Waals surface area (Å²) in [5.74, 6) is 0. The van der Waals surface area contributed by atoms with Gasteiger partial charge in [0.15, 0.2) is 0 Å². The van der Waals surface area contributed by atoms with Crippen molar-refractivity contribution in [2.24, 2.45) is 0 Å². The molecular weight excluding hydrogens is 670 g/mol. The van der Waals surface area contributed by atoms with Gasteiger partial charge in [-0.3, -0.25) is 9.59 Å². The smallest absolute Gasteiger partial charge is 0.632 e. The van der Waals surface area contributed by atoms with Crippen LogP contribution in [0.4, 0.5) is 9.59 Å². The number of H-pyrrole nitrogens is 2. The second kappa shape index (κ2) is 17.4. The van der Waals surface area contributed by atoms with Crippen LogP contribution in [0.5, 0.6) is 0 Å². The predicted octanol–water partition coefficient (Wildman–Crippen LogP) is 5.85. The van der Waals surface area contributed by atoms with Gasteiger partial charge in [0.05, 0.1) is 41.4 Å². The molecule has 0 aliphatic carbocycles. The molecule has 0 spiro atoms. The zero-order chi connectivity index (χ0) is 27.7. The molecule has 2 unspecified atom stereocenters. The molecule has 5 rings (SSSR count). The fraction of sp³-hybridized carbons (Fsp3) is 0.0870. The number of imidazole rings is 1. The summed E-state index contributed by atoms with van der Waals surface area (Å²) < 4.78 is 10.0. The molecule has 17 heteroatoms. The molecule has 0 aliphatic heterocycles. The van der Waals surface area contributed by atoms with E-state index in [1.165, 1.54) is 14.3 Å². The Kier molecular flexibility index (Phi) is 15.4. The molecule has 1 aromatic carbocycles. The van der Waals surface area contributed by atoms with Gasteiger partial charge in [0, 0.05) is 19.7 Å². The van der Waals surface area contributed by atoms with Crippen molar-refractivity contribution < 1.29 is 65.8 Å². The first-order valence-corrected chi connectivity index (χ1v) is 14.0. The SMILES string of the molecule is COC([NH-])=O.COC([NH-])=O.O=[C-]Pc1ccc(-c2cc3sc(-c4ccc5nc(P[C-]=O)[nH]c5c4)cc3s2)[nH]1.[V+2].[V+2]. The molecule has 0 bridgehead atoms. The number of aromatic amines is 2. The maximum Gasteiger partial charge on any atom is 2.00 e. The third-order valence-electron chi connectivity index (χ3n) is 4.65. The number of aromatic nitrogens is 3. The molecule has 4 aromatic heterocycles. The van der Waals surface area contributed by atoms with Gasteiger partial charge < -0.3 is 40.5 Å². The zero-order valence-corrected chi connectivity index (χ0v) is 27.1. The summed E-state index contributed by atoms with van der Waals surface area (Å²) in [6, 6.07) is 18.3. The van der Waals surface area contributed by atoms with E-state index in [9.17, 15) is 19.2 Å². The number of hydrogen-bond acceptors (Lipinski definition) is 9. The largest absolute Gasteiger partial charge is 2.00 e. The van der Waals surface area contributed by atoms with Crippen molar-refractivity contribution in [3.8, 4) is 21.0 Å². The molecule has 4 N–H and O–H groups in total. The number of fused-ring (bicyclic) bond motifs is 2. The van der Waals surface area contributed by atoms with Crippen LogP contribution < -0.4 is 11.0 Å². The van der Waals surface area contributed by atoms with Gasteiger partial charge in [-0.05, 0) is 42.0 Å². The van der Waals surface area contributed by atoms with Gasteiger partial charge in [0.1, 0.15) is 0 Å². The Balaban J connectivity index is 0.000000579. The Morgan fingerprint density at radius 1 is 0.850 bits per heavy atom. The molecule has 5 aromatic rings. The fourth-order valence-electron chi connectivity index (χ4n) is 3.05. The van der Waals surface area contributed by atoms with E-state index >= 15 is 0 Å². The van der Waals surface area contributed by atoms with Crippen LogP contribution in [0.1, 0.15) is 0 Å². The van der Waals surface area contributed by atoms with Gasteiger partial charge in [-0.15, -0.1) is 22.7 Å². The number of thiophene rings is 2. The first-order chi connectivity index (χ1) is 18.3. The molecule has 0 aliphatic rings. The fourth-order valence-corrected chi connectivity index (χ4v) is 6.36. The van der Waals surface area contributed by atoms with E-state index in [4.69, 9.17) is 11.5 Å². The summed E-state index contributed by atoms with van der Waals surface area (Å²) in [6.07, 6.45) is -1.99. The predicted molar refractivity (Wildman–Crippen MR) is 155 cm³/mol. The number of methoxy groups -OCH3 is 2. The van der Waals surface area contributed by atoms with Gasteiger partial charge in [-0.2, -0.15) is 8.58 Å². The van der Waals surface area contributed by atoms with Crippen LogP contribution in [-0.4, -0.2) is 53.4 Å². The van der Waals surface area contributed by atoms with Crippen molar-refractivity contribution >= 4 is 95.5 Å². The minimum atomic E-state index is -0.995. The van der Waals surface area contributed by atoms with Crippen LogP contribution in [0, 0.1) is 0 Å². The molecule has 0 fully saturated rings. The molecule has 2 radical (unpaired) electrons. The number of benzene rings is 1. The van der Waals surface area contributed by atoms with Crippen LogP contribution in [0.25, 0.3) is 52.9 Å². The standard InChI is InChI=1S/C19H11N3O2P2S2.2C2H5NO2.2V/c23-8-25-18-4-3-12(20-18)15-7-17-16(28-15)6-14(27-17)10-1-2-11-13(5-10)22-19(21-11)26-9-24;2*1-5-2(3)4;;/h1-7,20,25-26H,(H,21,22);2*1H3,(H2,3,4);;/q-2;;;2*+2/p-2. The number of ether oxygens (including phenoxy) is 2. The van der Waals surface area contributed by atoms with Crippen molar-refractivity contribution in [2.75, 3.05) is 14.2 Å². The summed E-state index contributed by atoms with van der Waals surface area (Å²) in [5.41, 5.74) is 17.4. The normalized spacial score (nSPS) is 10.2. The first-order valence-electron chi connectivity index (χ1n) is 10.4. The quantitative estimate of drug-likeness (QED) is 0.166. The average molecular weight is 689 g/mol. The molecule has 2 amide bonds. The van der Waals surface area contributed by atoms with Gasteiger partial charge in [0.2, 0.25) is 12.2 Å². The Hall–Kier alpha value is -2.46. The van der Waals surface area contributed by atoms with Crippen molar-refractivity contribution in [1.82, 2.24) is 15.0 Å². The molecule has 11 nitrogen and oxygen atoms in total. The number of carbonyl (C=O) groups excluding carboxylic acids is 4. The van der Waals surface area contributed by atoms with Crippen LogP contribution >= 0.6 is 39.8 Å². The topological polar surface area (TPSA) is 179 Å². The zero-order valence-electron chi connectivity index (χ0n) is 20.6. The number of rotatable bonds is 6. The van der Waals surface area contributed by atoms with E-state index in [1.54, 1.807) is 22.7 Å². The van der Waals surface area contributed by atoms with E-state index in [2.05, 4.69) is 48.7 Å². The number of nitrogens with zero attached hydrogens (tertiary/aromatic N) is 1. The van der Waals surface area contributed by atoms with E-state index < -0.39 is 12.2 Å². The molecule has 204 valence electrons. The van der Waals surface area contributed by atoms with E-state index in [-0.39, 0.29) is 54.3 Å². The molecule has 4 heterocycles. The minimum Gasteiger partial charge on any atom is -0.632 e. The summed E-state index contributed by atoms with van der Waals surface area (Å²) in [7, 11) is 2.29. The van der Waals surface area contributed by atoms with Crippen molar-refractivity contribution in [3.05, 3.63) is 53.9 Å². The van der Waals surface area contributed by atoms with Crippen molar-refractivity contribution in [3.63, 3.8) is 0 Å². The van der Waals surface area contributed by atoms with Crippen molar-refractivity contribution in [2.45, 2.75) is 0 Å². The Morgan fingerprint density at radius 3 is 2.00 bits per heavy atom. The van der Waals surface area contributed by atoms with E-state index in [1.807, 2.05) is 30.3 Å². The molecular formula is C23H19N5O6P2S2V2. The molecule has 2 atom stereocenters. The number of nitrogens with one attached hydrogen (secondary N) is 4. The summed E-state index contributed by atoms with van der Waals surface area (Å²) in [5, 5.41) is 0. The van der Waals surface area contributed by atoms with E-state index in [0.717, 1.165) is 46.8 Å². The van der Waals surface area contributed by atoms with Gasteiger partial charge in [0.25, 0.3) is 0 Å². The third kappa shape index (κ3) is 9.87. The minimum absolute atomic E-state index is 0. The monoisotopic (exact) mass is 689 g/mol. The summed E-state index contributed by atoms with van der Waals surface area (Å²) >= 11 is 3.48. The Morgan fingerprint density at radius 2 is 1.43 bits per heavy atom. The Bertz CT molecular complexity index is 1540. The van der Waals surface area contributed by atoms with Gasteiger partial charge in [-0.25, -0.2) is 25.6 Å². The van der Waals surface area contributed by atoms with Gasteiger partial charge in [-0.1, -0.05) is 6.07 Å². The second-order valence-electron chi connectivity index (χ2n) is 6.99. The van der Waals surface area contributed by atoms with Crippen LogP contribution in [0.3, 0.4) is 0 Å². The van der Waals surface area contributed by atoms with Crippen LogP contribution in [-0.2, 0) is 56.2 Å². The average Bonchev–Trinajstić information content (AvgIpc) is 3.67. The maximum absolute atomic E-state index is 10.6. The third-order valence-corrected chi connectivity index (χ3v) is 8.27. The molecule has 40 heavy (non-hydrogen) atoms. The van der Waals surface area contributed by atoms with Gasteiger partial charge >= 0.3 is 37.1 Å². The van der Waals surface area contributed by atoms with Crippen LogP contribution in [0.2, 0.25) is 0 Å². The van der Waals surface area contributed by atoms with Crippen molar-refractivity contribution in [1.29, 1.82) is 0 Å². The Labute approximate surface area is 263 Å². The summed E-state index contributed by atoms with van der Waals surface area (Å²) in [6.45, 7) is 0. The molecule has 0 saturated heterocycles. The number of amides is 2.